The quantitative estimate of drug-likeness (QED) is 0.525. The fraction of sp³-hybridized carbons (Fsp3) is 0. The third kappa shape index (κ3) is 1.67. The lowest BCUT2D eigenvalue weighted by Gasteiger charge is -1.92. The molecule has 0 aliphatic carbocycles. The molecule has 98 valence electrons. The van der Waals surface area contributed by atoms with E-state index in [0.29, 0.717) is 16.5 Å². The van der Waals surface area contributed by atoms with Crippen LogP contribution in [0.15, 0.2) is 30.3 Å². The molecule has 0 saturated heterocycles. The van der Waals surface area contributed by atoms with Crippen LogP contribution in [0.3, 0.4) is 0 Å². The highest BCUT2D eigenvalue weighted by Gasteiger charge is 2.14. The minimum atomic E-state index is 0.240. The van der Waals surface area contributed by atoms with Gasteiger partial charge in [-0.3, -0.25) is 5.10 Å². The number of rotatable bonds is 1. The SMILES string of the molecule is Clc1cc2[nH]c(-c3n[nH]c4ccccc34)nc2nc1Cl. The number of benzene rings is 1. The van der Waals surface area contributed by atoms with Gasteiger partial charge in [-0.25, -0.2) is 9.97 Å². The first-order valence-electron chi connectivity index (χ1n) is 5.87. The van der Waals surface area contributed by atoms with Gasteiger partial charge in [0.05, 0.1) is 16.1 Å². The maximum Gasteiger partial charge on any atom is 0.179 e. The summed E-state index contributed by atoms with van der Waals surface area (Å²) in [5, 5.41) is 8.88. The van der Waals surface area contributed by atoms with Gasteiger partial charge in [-0.1, -0.05) is 41.4 Å². The molecule has 0 amide bonds. The zero-order valence-electron chi connectivity index (χ0n) is 9.98. The number of pyridine rings is 1. The second-order valence-corrected chi connectivity index (χ2v) is 5.10. The van der Waals surface area contributed by atoms with Gasteiger partial charge in [-0.15, -0.1) is 0 Å². The average molecular weight is 304 g/mol. The summed E-state index contributed by atoms with van der Waals surface area (Å²) in [6.07, 6.45) is 0. The number of halogens is 2. The third-order valence-electron chi connectivity index (χ3n) is 3.08. The van der Waals surface area contributed by atoms with Gasteiger partial charge in [0, 0.05) is 5.39 Å². The highest BCUT2D eigenvalue weighted by atomic mass is 35.5. The molecule has 0 unspecified atom stereocenters. The van der Waals surface area contributed by atoms with Crippen LogP contribution in [0, 0.1) is 0 Å². The first-order valence-corrected chi connectivity index (χ1v) is 6.63. The van der Waals surface area contributed by atoms with Gasteiger partial charge in [-0.2, -0.15) is 5.10 Å². The Morgan fingerprint density at radius 3 is 2.75 bits per heavy atom. The zero-order valence-corrected chi connectivity index (χ0v) is 11.5. The van der Waals surface area contributed by atoms with Crippen molar-refractivity contribution in [2.75, 3.05) is 0 Å². The molecule has 1 aromatic carbocycles. The van der Waals surface area contributed by atoms with Gasteiger partial charge >= 0.3 is 0 Å². The van der Waals surface area contributed by atoms with Crippen molar-refractivity contribution in [2.24, 2.45) is 0 Å². The first kappa shape index (κ1) is 11.7. The van der Waals surface area contributed by atoms with E-state index in [4.69, 9.17) is 23.2 Å². The predicted molar refractivity (Wildman–Crippen MR) is 79.0 cm³/mol. The van der Waals surface area contributed by atoms with Gasteiger partial charge < -0.3 is 4.98 Å². The van der Waals surface area contributed by atoms with Gasteiger partial charge in [0.1, 0.15) is 10.8 Å². The Hall–Kier alpha value is -2.11. The molecule has 3 heterocycles. The van der Waals surface area contributed by atoms with E-state index >= 15 is 0 Å². The topological polar surface area (TPSA) is 70.2 Å². The number of fused-ring (bicyclic) bond motifs is 2. The van der Waals surface area contributed by atoms with Gasteiger partial charge in [0.25, 0.3) is 0 Å². The summed E-state index contributed by atoms with van der Waals surface area (Å²) in [5.74, 6) is 0.628. The average Bonchev–Trinajstić information content (AvgIpc) is 3.02. The third-order valence-corrected chi connectivity index (χ3v) is 3.75. The molecule has 2 N–H and O–H groups in total. The predicted octanol–water partition coefficient (Wildman–Crippen LogP) is 3.81. The zero-order chi connectivity index (χ0) is 13.7. The molecular weight excluding hydrogens is 297 g/mol. The van der Waals surface area contributed by atoms with Gasteiger partial charge in [-0.05, 0) is 12.1 Å². The van der Waals surface area contributed by atoms with Crippen molar-refractivity contribution in [3.05, 3.63) is 40.5 Å². The minimum absolute atomic E-state index is 0.240. The number of nitrogens with one attached hydrogen (secondary N) is 2. The molecule has 4 aromatic rings. The number of nitrogens with zero attached hydrogens (tertiary/aromatic N) is 3. The lowest BCUT2D eigenvalue weighted by atomic mass is 10.2. The van der Waals surface area contributed by atoms with E-state index in [-0.39, 0.29) is 5.15 Å². The maximum absolute atomic E-state index is 5.95. The fourth-order valence-electron chi connectivity index (χ4n) is 2.15. The molecule has 3 aromatic heterocycles. The molecule has 0 bridgehead atoms. The standard InChI is InChI=1S/C13H7Cl2N5/c14-7-5-9-12(17-11(7)15)18-13(16-9)10-6-3-1-2-4-8(6)19-20-10/h1-5H,(H,19,20)(H,16,17,18). The second kappa shape index (κ2) is 4.19. The van der Waals surface area contributed by atoms with Crippen molar-refractivity contribution < 1.29 is 0 Å². The number of imidazole rings is 1. The number of para-hydroxylation sites is 1. The van der Waals surface area contributed by atoms with Crippen molar-refractivity contribution in [2.45, 2.75) is 0 Å². The number of H-pyrrole nitrogens is 2. The van der Waals surface area contributed by atoms with Crippen LogP contribution in [-0.2, 0) is 0 Å². The second-order valence-electron chi connectivity index (χ2n) is 4.34. The summed E-state index contributed by atoms with van der Waals surface area (Å²) < 4.78 is 0. The molecule has 0 aliphatic rings. The highest BCUT2D eigenvalue weighted by Crippen LogP contribution is 2.28. The molecule has 5 nitrogen and oxygen atoms in total. The Labute approximate surface area is 123 Å². The lowest BCUT2D eigenvalue weighted by Crippen LogP contribution is -1.81. The molecule has 0 aliphatic heterocycles. The highest BCUT2D eigenvalue weighted by molar-refractivity contribution is 6.41. The molecule has 0 spiro atoms. The van der Waals surface area contributed by atoms with Crippen LogP contribution in [0.2, 0.25) is 10.2 Å². The monoisotopic (exact) mass is 303 g/mol. The number of hydrogen-bond donors (Lipinski definition) is 2. The summed E-state index contributed by atoms with van der Waals surface area (Å²) in [7, 11) is 0. The van der Waals surface area contributed by atoms with Crippen molar-refractivity contribution in [3.8, 4) is 11.5 Å². The van der Waals surface area contributed by atoms with E-state index in [1.165, 1.54) is 0 Å². The lowest BCUT2D eigenvalue weighted by molar-refractivity contribution is 1.10. The van der Waals surface area contributed by atoms with E-state index in [1.807, 2.05) is 24.3 Å². The van der Waals surface area contributed by atoms with Crippen LogP contribution in [0.1, 0.15) is 0 Å². The first-order chi connectivity index (χ1) is 9.72. The molecule has 4 rings (SSSR count). The van der Waals surface area contributed by atoms with Crippen LogP contribution in [0.4, 0.5) is 0 Å². The molecular formula is C13H7Cl2N5. The summed E-state index contributed by atoms with van der Waals surface area (Å²) in [5.41, 5.74) is 2.93. The van der Waals surface area contributed by atoms with E-state index in [9.17, 15) is 0 Å². The maximum atomic E-state index is 5.95. The Bertz CT molecular complexity index is 901. The Morgan fingerprint density at radius 2 is 1.85 bits per heavy atom. The van der Waals surface area contributed by atoms with E-state index in [1.54, 1.807) is 6.07 Å². The summed E-state index contributed by atoms with van der Waals surface area (Å²) >= 11 is 11.9. The Kier molecular flexibility index (Phi) is 2.45. The van der Waals surface area contributed by atoms with E-state index < -0.39 is 0 Å². The number of hydrogen-bond acceptors (Lipinski definition) is 3. The summed E-state index contributed by atoms with van der Waals surface area (Å²) in [6, 6.07) is 9.55. The van der Waals surface area contributed by atoms with E-state index in [2.05, 4.69) is 25.1 Å². The Morgan fingerprint density at radius 1 is 1.00 bits per heavy atom. The molecule has 0 saturated carbocycles. The summed E-state index contributed by atoms with van der Waals surface area (Å²) in [4.78, 5) is 11.7. The van der Waals surface area contributed by atoms with Crippen molar-refractivity contribution in [1.82, 2.24) is 25.1 Å². The van der Waals surface area contributed by atoms with Crippen LogP contribution >= 0.6 is 23.2 Å². The molecule has 20 heavy (non-hydrogen) atoms. The normalized spacial score (nSPS) is 11.5. The summed E-state index contributed by atoms with van der Waals surface area (Å²) in [6.45, 7) is 0. The van der Waals surface area contributed by atoms with Crippen molar-refractivity contribution in [1.29, 1.82) is 0 Å². The van der Waals surface area contributed by atoms with Crippen molar-refractivity contribution in [3.63, 3.8) is 0 Å². The molecule has 7 heteroatoms. The van der Waals surface area contributed by atoms with E-state index in [0.717, 1.165) is 22.1 Å². The number of aromatic amines is 2. The smallest absolute Gasteiger partial charge is 0.179 e. The Balaban J connectivity index is 1.98. The molecule has 0 atom stereocenters. The van der Waals surface area contributed by atoms with Crippen molar-refractivity contribution >= 4 is 45.3 Å². The largest absolute Gasteiger partial charge is 0.335 e. The van der Waals surface area contributed by atoms with Crippen LogP contribution in [0.25, 0.3) is 33.6 Å². The van der Waals surface area contributed by atoms with Crippen LogP contribution in [-0.4, -0.2) is 25.1 Å². The minimum Gasteiger partial charge on any atom is -0.335 e. The number of aromatic nitrogens is 5. The van der Waals surface area contributed by atoms with Gasteiger partial charge in [0.2, 0.25) is 0 Å². The van der Waals surface area contributed by atoms with Crippen LogP contribution in [0.5, 0.6) is 0 Å². The molecule has 0 fully saturated rings. The van der Waals surface area contributed by atoms with Crippen LogP contribution < -0.4 is 0 Å². The fourth-order valence-corrected chi connectivity index (χ4v) is 2.44. The van der Waals surface area contributed by atoms with Gasteiger partial charge in [0.15, 0.2) is 11.5 Å². The molecule has 0 radical (unpaired) electrons.